The van der Waals surface area contributed by atoms with Gasteiger partial charge in [0, 0.05) is 11.1 Å². The molecule has 4 aromatic rings. The van der Waals surface area contributed by atoms with Crippen LogP contribution in [0.1, 0.15) is 43.1 Å². The number of ether oxygens (including phenoxy) is 1. The summed E-state index contributed by atoms with van der Waals surface area (Å²) in [5.41, 5.74) is 1.08. The van der Waals surface area contributed by atoms with E-state index in [4.69, 9.17) is 9.26 Å². The SMILES string of the molecule is COc1ccc(-c2noc([C@@H](NC(=O)c3cccc4ccccc34)C(C)(C)C)n2)cc1. The molecule has 3 aromatic carbocycles. The molecule has 6 heteroatoms. The Kier molecular flexibility index (Phi) is 5.46. The summed E-state index contributed by atoms with van der Waals surface area (Å²) in [5.74, 6) is 1.40. The van der Waals surface area contributed by atoms with E-state index in [9.17, 15) is 4.79 Å². The predicted octanol–water partition coefficient (Wildman–Crippen LogP) is 5.42. The molecule has 31 heavy (non-hydrogen) atoms. The highest BCUT2D eigenvalue weighted by Gasteiger charge is 2.33. The predicted molar refractivity (Wildman–Crippen MR) is 120 cm³/mol. The molecule has 1 heterocycles. The van der Waals surface area contributed by atoms with Crippen LogP contribution in [0.4, 0.5) is 0 Å². The Morgan fingerprint density at radius 2 is 1.71 bits per heavy atom. The smallest absolute Gasteiger partial charge is 0.252 e. The molecule has 1 amide bonds. The van der Waals surface area contributed by atoms with E-state index >= 15 is 0 Å². The largest absolute Gasteiger partial charge is 0.497 e. The summed E-state index contributed by atoms with van der Waals surface area (Å²) >= 11 is 0. The van der Waals surface area contributed by atoms with Gasteiger partial charge in [-0.05, 0) is 46.5 Å². The van der Waals surface area contributed by atoms with Crippen molar-refractivity contribution < 1.29 is 14.1 Å². The number of carbonyl (C=O) groups excluding carboxylic acids is 1. The number of amides is 1. The fraction of sp³-hybridized carbons (Fsp3) is 0.240. The van der Waals surface area contributed by atoms with Gasteiger partial charge < -0.3 is 14.6 Å². The van der Waals surface area contributed by atoms with Crippen LogP contribution in [0.15, 0.2) is 71.3 Å². The molecule has 6 nitrogen and oxygen atoms in total. The Morgan fingerprint density at radius 1 is 1.00 bits per heavy atom. The second kappa shape index (κ2) is 8.22. The highest BCUT2D eigenvalue weighted by molar-refractivity contribution is 6.07. The molecule has 0 aliphatic carbocycles. The minimum atomic E-state index is -0.460. The van der Waals surface area contributed by atoms with E-state index in [1.807, 2.05) is 87.5 Å². The summed E-state index contributed by atoms with van der Waals surface area (Å²) in [6, 6.07) is 20.5. The highest BCUT2D eigenvalue weighted by Crippen LogP contribution is 2.33. The number of aromatic nitrogens is 2. The van der Waals surface area contributed by atoms with Crippen molar-refractivity contribution in [3.05, 3.63) is 78.2 Å². The van der Waals surface area contributed by atoms with Gasteiger partial charge in [0.2, 0.25) is 11.7 Å². The van der Waals surface area contributed by atoms with Crippen molar-refractivity contribution >= 4 is 16.7 Å². The summed E-state index contributed by atoms with van der Waals surface area (Å²) in [6.07, 6.45) is 0. The summed E-state index contributed by atoms with van der Waals surface area (Å²) < 4.78 is 10.8. The number of nitrogens with one attached hydrogen (secondary N) is 1. The quantitative estimate of drug-likeness (QED) is 0.471. The number of methoxy groups -OCH3 is 1. The van der Waals surface area contributed by atoms with E-state index < -0.39 is 6.04 Å². The first-order valence-electron chi connectivity index (χ1n) is 10.1. The maximum absolute atomic E-state index is 13.2. The van der Waals surface area contributed by atoms with E-state index in [1.54, 1.807) is 7.11 Å². The minimum Gasteiger partial charge on any atom is -0.497 e. The van der Waals surface area contributed by atoms with Crippen molar-refractivity contribution in [2.75, 3.05) is 7.11 Å². The van der Waals surface area contributed by atoms with E-state index in [0.717, 1.165) is 22.1 Å². The second-order valence-electron chi connectivity index (χ2n) is 8.48. The topological polar surface area (TPSA) is 77.3 Å². The number of hydrogen-bond donors (Lipinski definition) is 1. The molecule has 0 fully saturated rings. The molecule has 0 aliphatic rings. The Balaban J connectivity index is 1.64. The van der Waals surface area contributed by atoms with Gasteiger partial charge >= 0.3 is 0 Å². The zero-order chi connectivity index (χ0) is 22.0. The van der Waals surface area contributed by atoms with Crippen molar-refractivity contribution in [1.29, 1.82) is 0 Å². The molecule has 0 bridgehead atoms. The normalized spacial score (nSPS) is 12.5. The first-order chi connectivity index (χ1) is 14.9. The molecular weight excluding hydrogens is 390 g/mol. The molecule has 0 saturated heterocycles. The van der Waals surface area contributed by atoms with Crippen LogP contribution in [0.5, 0.6) is 5.75 Å². The molecule has 158 valence electrons. The maximum atomic E-state index is 13.2. The van der Waals surface area contributed by atoms with Crippen molar-refractivity contribution in [3.8, 4) is 17.1 Å². The van der Waals surface area contributed by atoms with E-state index in [0.29, 0.717) is 17.3 Å². The van der Waals surface area contributed by atoms with Crippen molar-refractivity contribution in [1.82, 2.24) is 15.5 Å². The zero-order valence-electron chi connectivity index (χ0n) is 18.0. The molecule has 0 spiro atoms. The number of rotatable bonds is 5. The van der Waals surface area contributed by atoms with E-state index in [-0.39, 0.29) is 11.3 Å². The van der Waals surface area contributed by atoms with Crippen LogP contribution >= 0.6 is 0 Å². The van der Waals surface area contributed by atoms with Gasteiger partial charge in [-0.3, -0.25) is 4.79 Å². The van der Waals surface area contributed by atoms with E-state index in [1.165, 1.54) is 0 Å². The second-order valence-corrected chi connectivity index (χ2v) is 8.48. The van der Waals surface area contributed by atoms with Gasteiger partial charge in [0.05, 0.1) is 7.11 Å². The van der Waals surface area contributed by atoms with Gasteiger partial charge in [0.1, 0.15) is 11.8 Å². The van der Waals surface area contributed by atoms with Gasteiger partial charge in [0.15, 0.2) is 0 Å². The Bertz CT molecular complexity index is 1200. The van der Waals surface area contributed by atoms with Crippen LogP contribution < -0.4 is 10.1 Å². The lowest BCUT2D eigenvalue weighted by molar-refractivity contribution is 0.0882. The summed E-state index contributed by atoms with van der Waals surface area (Å²) in [6.45, 7) is 6.08. The summed E-state index contributed by atoms with van der Waals surface area (Å²) in [7, 11) is 1.62. The number of hydrogen-bond acceptors (Lipinski definition) is 5. The third-order valence-corrected chi connectivity index (χ3v) is 5.21. The molecule has 4 rings (SSSR count). The fourth-order valence-electron chi connectivity index (χ4n) is 3.49. The van der Waals surface area contributed by atoms with Gasteiger partial charge in [-0.2, -0.15) is 4.98 Å². The van der Waals surface area contributed by atoms with Crippen LogP contribution in [0.25, 0.3) is 22.2 Å². The molecule has 0 radical (unpaired) electrons. The molecule has 0 saturated carbocycles. The average molecular weight is 415 g/mol. The third kappa shape index (κ3) is 4.28. The van der Waals surface area contributed by atoms with Gasteiger partial charge in [-0.25, -0.2) is 0 Å². The average Bonchev–Trinajstić information content (AvgIpc) is 3.26. The molecule has 1 N–H and O–H groups in total. The number of carbonyl (C=O) groups is 1. The Morgan fingerprint density at radius 3 is 2.42 bits per heavy atom. The van der Waals surface area contributed by atoms with Gasteiger partial charge in [-0.1, -0.05) is 62.3 Å². The number of benzene rings is 3. The lowest BCUT2D eigenvalue weighted by Gasteiger charge is -2.28. The first-order valence-corrected chi connectivity index (χ1v) is 10.1. The van der Waals surface area contributed by atoms with Crippen molar-refractivity contribution in [2.24, 2.45) is 5.41 Å². The van der Waals surface area contributed by atoms with Crippen LogP contribution in [-0.4, -0.2) is 23.2 Å². The third-order valence-electron chi connectivity index (χ3n) is 5.21. The Labute approximate surface area is 181 Å². The summed E-state index contributed by atoms with van der Waals surface area (Å²) in [4.78, 5) is 17.8. The lowest BCUT2D eigenvalue weighted by atomic mass is 9.86. The molecule has 0 unspecified atom stereocenters. The maximum Gasteiger partial charge on any atom is 0.252 e. The van der Waals surface area contributed by atoms with E-state index in [2.05, 4.69) is 15.5 Å². The fourth-order valence-corrected chi connectivity index (χ4v) is 3.49. The van der Waals surface area contributed by atoms with Crippen LogP contribution in [0.3, 0.4) is 0 Å². The standard InChI is InChI=1S/C25H25N3O3/c1-25(2,3)21(24-27-22(28-31-24)17-12-14-18(30-4)15-13-17)26-23(29)20-11-7-9-16-8-5-6-10-19(16)20/h5-15,21H,1-4H3,(H,26,29)/t21-/m1/s1. The van der Waals surface area contributed by atoms with Crippen LogP contribution in [0.2, 0.25) is 0 Å². The monoisotopic (exact) mass is 415 g/mol. The van der Waals surface area contributed by atoms with Crippen LogP contribution in [0, 0.1) is 5.41 Å². The lowest BCUT2D eigenvalue weighted by Crippen LogP contribution is -2.37. The van der Waals surface area contributed by atoms with Gasteiger partial charge in [0.25, 0.3) is 5.91 Å². The van der Waals surface area contributed by atoms with Gasteiger partial charge in [-0.15, -0.1) is 0 Å². The minimum absolute atomic E-state index is 0.180. The molecule has 1 atom stereocenters. The van der Waals surface area contributed by atoms with Crippen LogP contribution in [-0.2, 0) is 0 Å². The zero-order valence-corrected chi connectivity index (χ0v) is 18.0. The van der Waals surface area contributed by atoms with Crippen molar-refractivity contribution in [2.45, 2.75) is 26.8 Å². The van der Waals surface area contributed by atoms with Crippen molar-refractivity contribution in [3.63, 3.8) is 0 Å². The summed E-state index contributed by atoms with van der Waals surface area (Å²) in [5, 5.41) is 9.16. The number of fused-ring (bicyclic) bond motifs is 1. The molecule has 1 aromatic heterocycles. The molecular formula is C25H25N3O3. The Hall–Kier alpha value is -3.67. The highest BCUT2D eigenvalue weighted by atomic mass is 16.5. The first kappa shape index (κ1) is 20.6. The molecule has 0 aliphatic heterocycles. The number of nitrogens with zero attached hydrogens (tertiary/aromatic N) is 2.